The topological polar surface area (TPSA) is 40.0 Å². The molecule has 0 aromatic heterocycles. The summed E-state index contributed by atoms with van der Waals surface area (Å²) in [4.78, 5) is 12.9. The summed E-state index contributed by atoms with van der Waals surface area (Å²) in [6.45, 7) is 7.28. The van der Waals surface area contributed by atoms with Crippen molar-refractivity contribution in [3.05, 3.63) is 35.4 Å². The number of hydrogen-bond acceptors (Lipinski definition) is 3. The predicted molar refractivity (Wildman–Crippen MR) is 72.2 cm³/mol. The molecule has 1 fully saturated rings. The number of nitrogens with one attached hydrogen (secondary N) is 1. The number of esters is 1. The molecule has 0 unspecified atom stereocenters. The minimum absolute atomic E-state index is 0.285. The number of quaternary nitrogens is 1. The summed E-state index contributed by atoms with van der Waals surface area (Å²) >= 11 is 0. The molecule has 1 N–H and O–H groups in total. The molecule has 1 heterocycles. The Labute approximate surface area is 114 Å². The van der Waals surface area contributed by atoms with Crippen LogP contribution in [0.25, 0.3) is 0 Å². The van der Waals surface area contributed by atoms with Crippen LogP contribution in [0.3, 0.4) is 0 Å². The molecule has 2 rings (SSSR count). The van der Waals surface area contributed by atoms with Crippen LogP contribution in [-0.2, 0) is 16.0 Å². The van der Waals surface area contributed by atoms with Gasteiger partial charge in [0.25, 0.3) is 0 Å². The van der Waals surface area contributed by atoms with E-state index in [2.05, 4.69) is 13.8 Å². The molecule has 104 valence electrons. The Kier molecular flexibility index (Phi) is 4.56. The lowest BCUT2D eigenvalue weighted by molar-refractivity contribution is -0.928. The Hall–Kier alpha value is -1.39. The lowest BCUT2D eigenvalue weighted by atomic mass is 10.1. The van der Waals surface area contributed by atoms with Crippen LogP contribution in [0, 0.1) is 0 Å². The number of rotatable bonds is 3. The molecule has 0 amide bonds. The fraction of sp³-hybridized carbons (Fsp3) is 0.533. The van der Waals surface area contributed by atoms with Gasteiger partial charge >= 0.3 is 5.97 Å². The maximum absolute atomic E-state index is 11.4. The maximum atomic E-state index is 11.4. The minimum Gasteiger partial charge on any atom is -0.465 e. The molecule has 4 heteroatoms. The largest absolute Gasteiger partial charge is 0.465 e. The first-order valence-corrected chi connectivity index (χ1v) is 6.74. The number of carbonyl (C=O) groups is 1. The summed E-state index contributed by atoms with van der Waals surface area (Å²) in [5.41, 5.74) is 1.84. The fourth-order valence-electron chi connectivity index (χ4n) is 2.70. The van der Waals surface area contributed by atoms with Crippen LogP contribution in [0.1, 0.15) is 29.8 Å². The van der Waals surface area contributed by atoms with Gasteiger partial charge < -0.3 is 14.4 Å². The van der Waals surface area contributed by atoms with Crippen LogP contribution in [0.15, 0.2) is 24.3 Å². The second-order valence-electron chi connectivity index (χ2n) is 5.28. The zero-order valence-corrected chi connectivity index (χ0v) is 11.8. The predicted octanol–water partition coefficient (Wildman–Crippen LogP) is 0.665. The van der Waals surface area contributed by atoms with Crippen molar-refractivity contribution in [2.24, 2.45) is 0 Å². The third-order valence-corrected chi connectivity index (χ3v) is 3.45. The van der Waals surface area contributed by atoms with Crippen LogP contribution in [0.5, 0.6) is 0 Å². The molecule has 1 saturated heterocycles. The molecule has 1 aliphatic heterocycles. The van der Waals surface area contributed by atoms with Gasteiger partial charge in [0.2, 0.25) is 0 Å². The van der Waals surface area contributed by atoms with Crippen molar-refractivity contribution in [3.63, 3.8) is 0 Å². The molecule has 1 aliphatic rings. The van der Waals surface area contributed by atoms with E-state index in [4.69, 9.17) is 9.47 Å². The fourth-order valence-corrected chi connectivity index (χ4v) is 2.70. The van der Waals surface area contributed by atoms with Gasteiger partial charge in [0.1, 0.15) is 31.8 Å². The van der Waals surface area contributed by atoms with Gasteiger partial charge in [-0.25, -0.2) is 4.79 Å². The van der Waals surface area contributed by atoms with Crippen molar-refractivity contribution in [3.8, 4) is 0 Å². The van der Waals surface area contributed by atoms with Gasteiger partial charge in [-0.2, -0.15) is 0 Å². The Balaban J connectivity index is 1.97. The van der Waals surface area contributed by atoms with E-state index in [0.29, 0.717) is 17.8 Å². The van der Waals surface area contributed by atoms with Crippen LogP contribution in [-0.4, -0.2) is 38.4 Å². The molecule has 19 heavy (non-hydrogen) atoms. The van der Waals surface area contributed by atoms with Crippen LogP contribution < -0.4 is 4.90 Å². The second kappa shape index (κ2) is 6.17. The standard InChI is InChI=1S/C15H21NO3/c1-11-8-16(9-12(2)19-11)10-13-4-6-14(7-5-13)15(17)18-3/h4-7,11-12H,8-10H2,1-3H3/p+1/t11-,12-/m1/s1. The van der Waals surface area contributed by atoms with E-state index in [1.165, 1.54) is 17.6 Å². The maximum Gasteiger partial charge on any atom is 0.337 e. The van der Waals surface area contributed by atoms with Gasteiger partial charge in [-0.1, -0.05) is 12.1 Å². The third-order valence-electron chi connectivity index (χ3n) is 3.45. The summed E-state index contributed by atoms with van der Waals surface area (Å²) < 4.78 is 10.4. The lowest BCUT2D eigenvalue weighted by Gasteiger charge is -2.32. The first kappa shape index (κ1) is 14.0. The van der Waals surface area contributed by atoms with Gasteiger partial charge in [0.15, 0.2) is 0 Å². The molecule has 4 nitrogen and oxygen atoms in total. The average Bonchev–Trinajstić information content (AvgIpc) is 2.37. The van der Waals surface area contributed by atoms with Gasteiger partial charge in [-0.15, -0.1) is 0 Å². The van der Waals surface area contributed by atoms with Crippen molar-refractivity contribution < 1.29 is 19.2 Å². The molecule has 0 spiro atoms. The number of hydrogen-bond donors (Lipinski definition) is 1. The Morgan fingerprint density at radius 1 is 1.26 bits per heavy atom. The van der Waals surface area contributed by atoms with Crippen LogP contribution in [0.4, 0.5) is 0 Å². The Bertz CT molecular complexity index is 420. The average molecular weight is 264 g/mol. The second-order valence-corrected chi connectivity index (χ2v) is 5.28. The zero-order valence-electron chi connectivity index (χ0n) is 11.8. The third kappa shape index (κ3) is 3.78. The van der Waals surface area contributed by atoms with Crippen molar-refractivity contribution in [1.29, 1.82) is 0 Å². The summed E-state index contributed by atoms with van der Waals surface area (Å²) in [7, 11) is 1.40. The molecule has 0 saturated carbocycles. The molecule has 0 bridgehead atoms. The van der Waals surface area contributed by atoms with Crippen molar-refractivity contribution in [1.82, 2.24) is 0 Å². The van der Waals surface area contributed by atoms with Crippen LogP contribution >= 0.6 is 0 Å². The van der Waals surface area contributed by atoms with Gasteiger partial charge in [0.05, 0.1) is 12.7 Å². The summed E-state index contributed by atoms with van der Waals surface area (Å²) in [5, 5.41) is 0. The molecular weight excluding hydrogens is 242 g/mol. The molecule has 2 atom stereocenters. The first-order valence-electron chi connectivity index (χ1n) is 6.74. The SMILES string of the molecule is COC(=O)c1ccc(C[NH+]2C[C@@H](C)O[C@H](C)C2)cc1. The highest BCUT2D eigenvalue weighted by molar-refractivity contribution is 5.89. The van der Waals surface area contributed by atoms with E-state index in [9.17, 15) is 4.79 Å². The highest BCUT2D eigenvalue weighted by atomic mass is 16.5. The highest BCUT2D eigenvalue weighted by Crippen LogP contribution is 2.06. The van der Waals surface area contributed by atoms with Crippen molar-refractivity contribution in [2.75, 3.05) is 20.2 Å². The summed E-state index contributed by atoms with van der Waals surface area (Å²) in [6.07, 6.45) is 0.626. The number of methoxy groups -OCH3 is 1. The number of carbonyl (C=O) groups excluding carboxylic acids is 1. The molecule has 0 radical (unpaired) electrons. The van der Waals surface area contributed by atoms with E-state index in [0.717, 1.165) is 19.6 Å². The van der Waals surface area contributed by atoms with E-state index in [-0.39, 0.29) is 5.97 Å². The highest BCUT2D eigenvalue weighted by Gasteiger charge is 2.25. The smallest absolute Gasteiger partial charge is 0.337 e. The quantitative estimate of drug-likeness (QED) is 0.816. The minimum atomic E-state index is -0.285. The Morgan fingerprint density at radius 2 is 1.84 bits per heavy atom. The normalized spacial score (nSPS) is 27.0. The van der Waals surface area contributed by atoms with Gasteiger partial charge in [0, 0.05) is 5.56 Å². The van der Waals surface area contributed by atoms with Crippen molar-refractivity contribution >= 4 is 5.97 Å². The number of ether oxygens (including phenoxy) is 2. The number of morpholine rings is 1. The van der Waals surface area contributed by atoms with Crippen molar-refractivity contribution in [2.45, 2.75) is 32.6 Å². The van der Waals surface area contributed by atoms with E-state index >= 15 is 0 Å². The van der Waals surface area contributed by atoms with Crippen LogP contribution in [0.2, 0.25) is 0 Å². The van der Waals surface area contributed by atoms with E-state index in [1.807, 2.05) is 24.3 Å². The van der Waals surface area contributed by atoms with E-state index < -0.39 is 0 Å². The molecule has 1 aromatic rings. The Morgan fingerprint density at radius 3 is 2.37 bits per heavy atom. The van der Waals surface area contributed by atoms with E-state index in [1.54, 1.807) is 0 Å². The first-order chi connectivity index (χ1) is 9.08. The molecular formula is C15H22NO3+. The monoisotopic (exact) mass is 264 g/mol. The summed E-state index contributed by atoms with van der Waals surface area (Å²) in [6, 6.07) is 7.66. The summed E-state index contributed by atoms with van der Waals surface area (Å²) in [5.74, 6) is -0.285. The molecule has 0 aliphatic carbocycles. The number of benzene rings is 1. The van der Waals surface area contributed by atoms with Gasteiger partial charge in [-0.3, -0.25) is 0 Å². The van der Waals surface area contributed by atoms with Gasteiger partial charge in [-0.05, 0) is 26.0 Å². The molecule has 1 aromatic carbocycles. The zero-order chi connectivity index (χ0) is 13.8. The lowest BCUT2D eigenvalue weighted by Crippen LogP contribution is -3.14.